The van der Waals surface area contributed by atoms with Crippen molar-refractivity contribution in [2.75, 3.05) is 6.54 Å². The van der Waals surface area contributed by atoms with Crippen molar-refractivity contribution >= 4 is 0 Å². The number of hydrogen-bond donors (Lipinski definition) is 1. The van der Waals surface area contributed by atoms with Gasteiger partial charge in [0, 0.05) is 12.0 Å². The lowest BCUT2D eigenvalue weighted by molar-refractivity contribution is 0.0738. The molecule has 0 spiro atoms. The van der Waals surface area contributed by atoms with Gasteiger partial charge in [0.15, 0.2) is 0 Å². The van der Waals surface area contributed by atoms with Gasteiger partial charge in [0.05, 0.1) is 12.2 Å². The molecular weight excluding hydrogens is 234 g/mol. The zero-order chi connectivity index (χ0) is 13.2. The summed E-state index contributed by atoms with van der Waals surface area (Å²) in [6.07, 6.45) is 12.2. The first-order valence-corrected chi connectivity index (χ1v) is 8.66. The largest absolute Gasteiger partial charge is 0.375 e. The molecule has 0 aromatic carbocycles. The third-order valence-electron chi connectivity index (χ3n) is 5.81. The van der Waals surface area contributed by atoms with E-state index >= 15 is 0 Å². The van der Waals surface area contributed by atoms with Crippen molar-refractivity contribution in [2.24, 2.45) is 17.8 Å². The third-order valence-corrected chi connectivity index (χ3v) is 5.81. The molecule has 3 rings (SSSR count). The molecule has 1 N–H and O–H groups in total. The van der Waals surface area contributed by atoms with Gasteiger partial charge >= 0.3 is 0 Å². The Morgan fingerprint density at radius 2 is 1.89 bits per heavy atom. The van der Waals surface area contributed by atoms with Crippen LogP contribution in [0, 0.1) is 17.8 Å². The average molecular weight is 265 g/mol. The van der Waals surface area contributed by atoms with Crippen LogP contribution in [0.4, 0.5) is 0 Å². The summed E-state index contributed by atoms with van der Waals surface area (Å²) < 4.78 is 6.12. The van der Waals surface area contributed by atoms with Crippen molar-refractivity contribution in [3.8, 4) is 0 Å². The number of fused-ring (bicyclic) bond motifs is 2. The maximum atomic E-state index is 6.12. The molecule has 2 heterocycles. The van der Waals surface area contributed by atoms with Crippen LogP contribution in [0.3, 0.4) is 0 Å². The molecule has 2 aliphatic heterocycles. The van der Waals surface area contributed by atoms with Crippen LogP contribution in [0.5, 0.6) is 0 Å². The molecule has 0 amide bonds. The molecule has 4 unspecified atom stereocenters. The van der Waals surface area contributed by atoms with E-state index < -0.39 is 0 Å². The topological polar surface area (TPSA) is 21.3 Å². The van der Waals surface area contributed by atoms with E-state index in [0.717, 1.165) is 23.8 Å². The Hall–Kier alpha value is -0.0800. The molecule has 19 heavy (non-hydrogen) atoms. The number of ether oxygens (including phenoxy) is 1. The fourth-order valence-electron chi connectivity index (χ4n) is 4.68. The van der Waals surface area contributed by atoms with Gasteiger partial charge in [-0.25, -0.2) is 0 Å². The lowest BCUT2D eigenvalue weighted by Gasteiger charge is -2.38. The van der Waals surface area contributed by atoms with Gasteiger partial charge in [0.2, 0.25) is 0 Å². The summed E-state index contributed by atoms with van der Waals surface area (Å²) in [4.78, 5) is 0. The molecule has 0 radical (unpaired) electrons. The molecule has 2 bridgehead atoms. The van der Waals surface area contributed by atoms with E-state index in [2.05, 4.69) is 19.2 Å². The van der Waals surface area contributed by atoms with Gasteiger partial charge in [-0.3, -0.25) is 0 Å². The van der Waals surface area contributed by atoms with Crippen molar-refractivity contribution in [1.82, 2.24) is 5.32 Å². The Kier molecular flexibility index (Phi) is 4.48. The second-order valence-corrected chi connectivity index (χ2v) is 7.27. The predicted molar refractivity (Wildman–Crippen MR) is 79.2 cm³/mol. The quantitative estimate of drug-likeness (QED) is 0.817. The molecule has 4 atom stereocenters. The Morgan fingerprint density at radius 3 is 2.47 bits per heavy atom. The van der Waals surface area contributed by atoms with Crippen LogP contribution in [0.25, 0.3) is 0 Å². The fraction of sp³-hybridized carbons (Fsp3) is 1.00. The summed E-state index contributed by atoms with van der Waals surface area (Å²) in [5.41, 5.74) is 0. The highest BCUT2D eigenvalue weighted by Crippen LogP contribution is 2.44. The second-order valence-electron chi connectivity index (χ2n) is 7.27. The van der Waals surface area contributed by atoms with Crippen LogP contribution in [0.15, 0.2) is 0 Å². The molecule has 2 nitrogen and oxygen atoms in total. The summed E-state index contributed by atoms with van der Waals surface area (Å²) in [5, 5.41) is 3.90. The molecule has 1 saturated carbocycles. The predicted octanol–water partition coefficient (Wildman–Crippen LogP) is 3.75. The molecule has 3 aliphatic rings. The van der Waals surface area contributed by atoms with Crippen LogP contribution in [-0.2, 0) is 4.74 Å². The van der Waals surface area contributed by atoms with E-state index in [1.165, 1.54) is 57.9 Å². The van der Waals surface area contributed by atoms with Crippen LogP contribution in [0.1, 0.15) is 65.2 Å². The molecule has 0 aromatic rings. The highest BCUT2D eigenvalue weighted by atomic mass is 16.5. The first-order chi connectivity index (χ1) is 9.28. The van der Waals surface area contributed by atoms with E-state index in [1.54, 1.807) is 0 Å². The normalized spacial score (nSPS) is 43.6. The van der Waals surface area contributed by atoms with E-state index in [9.17, 15) is 0 Å². The number of hydrogen-bond acceptors (Lipinski definition) is 2. The smallest absolute Gasteiger partial charge is 0.0623 e. The maximum Gasteiger partial charge on any atom is 0.0623 e. The van der Waals surface area contributed by atoms with Crippen molar-refractivity contribution in [2.45, 2.75) is 83.5 Å². The van der Waals surface area contributed by atoms with E-state index in [4.69, 9.17) is 4.74 Å². The third kappa shape index (κ3) is 3.00. The Balaban J connectivity index is 1.63. The highest BCUT2D eigenvalue weighted by molar-refractivity contribution is 4.98. The average Bonchev–Trinajstić information content (AvgIpc) is 3.04. The fourth-order valence-corrected chi connectivity index (χ4v) is 4.68. The van der Waals surface area contributed by atoms with Gasteiger partial charge < -0.3 is 10.1 Å². The monoisotopic (exact) mass is 265 g/mol. The summed E-state index contributed by atoms with van der Waals surface area (Å²) in [7, 11) is 0. The van der Waals surface area contributed by atoms with Crippen LogP contribution >= 0.6 is 0 Å². The van der Waals surface area contributed by atoms with Gasteiger partial charge in [0.1, 0.15) is 0 Å². The summed E-state index contributed by atoms with van der Waals surface area (Å²) >= 11 is 0. The minimum Gasteiger partial charge on any atom is -0.375 e. The van der Waals surface area contributed by atoms with Crippen LogP contribution < -0.4 is 5.32 Å². The zero-order valence-electron chi connectivity index (χ0n) is 12.7. The van der Waals surface area contributed by atoms with Crippen molar-refractivity contribution in [3.05, 3.63) is 0 Å². The van der Waals surface area contributed by atoms with Crippen molar-refractivity contribution in [1.29, 1.82) is 0 Å². The molecule has 0 aromatic heterocycles. The molecule has 1 aliphatic carbocycles. The summed E-state index contributed by atoms with van der Waals surface area (Å²) in [6, 6.07) is 0.739. The first-order valence-electron chi connectivity index (χ1n) is 8.66. The Morgan fingerprint density at radius 1 is 1.11 bits per heavy atom. The lowest BCUT2D eigenvalue weighted by atomic mass is 9.72. The Labute approximate surface area is 118 Å². The van der Waals surface area contributed by atoms with Gasteiger partial charge in [0.25, 0.3) is 0 Å². The van der Waals surface area contributed by atoms with E-state index in [0.29, 0.717) is 12.2 Å². The number of nitrogens with one attached hydrogen (secondary N) is 1. The zero-order valence-corrected chi connectivity index (χ0v) is 12.7. The van der Waals surface area contributed by atoms with Crippen molar-refractivity contribution in [3.63, 3.8) is 0 Å². The summed E-state index contributed by atoms with van der Waals surface area (Å²) in [5.74, 6) is 2.68. The van der Waals surface area contributed by atoms with E-state index in [1.807, 2.05) is 0 Å². The SMILES string of the molecule is CCCNC(C1CCC(C)CC1)C1CC2CCC1O2. The van der Waals surface area contributed by atoms with Gasteiger partial charge in [-0.05, 0) is 56.9 Å². The van der Waals surface area contributed by atoms with Crippen LogP contribution in [0.2, 0.25) is 0 Å². The molecule has 2 saturated heterocycles. The summed E-state index contributed by atoms with van der Waals surface area (Å²) in [6.45, 7) is 5.89. The second kappa shape index (κ2) is 6.13. The molecular formula is C17H31NO. The number of rotatable bonds is 5. The molecule has 2 heteroatoms. The van der Waals surface area contributed by atoms with E-state index in [-0.39, 0.29) is 0 Å². The standard InChI is InChI=1S/C17H31NO/c1-3-10-18-17(13-6-4-12(2)5-7-13)15-11-14-8-9-16(15)19-14/h12-18H,3-11H2,1-2H3. The lowest BCUT2D eigenvalue weighted by Crippen LogP contribution is -2.47. The van der Waals surface area contributed by atoms with Gasteiger partial charge in [-0.2, -0.15) is 0 Å². The minimum absolute atomic E-state index is 0.582. The molecule has 3 fully saturated rings. The van der Waals surface area contributed by atoms with Crippen LogP contribution in [-0.4, -0.2) is 24.8 Å². The van der Waals surface area contributed by atoms with Crippen molar-refractivity contribution < 1.29 is 4.74 Å². The Bertz CT molecular complexity index is 285. The first kappa shape index (κ1) is 13.9. The highest BCUT2D eigenvalue weighted by Gasteiger charge is 2.46. The minimum atomic E-state index is 0.582. The maximum absolute atomic E-state index is 6.12. The van der Waals surface area contributed by atoms with Gasteiger partial charge in [-0.1, -0.05) is 26.7 Å². The van der Waals surface area contributed by atoms with Gasteiger partial charge in [-0.15, -0.1) is 0 Å². The molecule has 110 valence electrons.